The number of nitrogens with zero attached hydrogens (tertiary/aromatic N) is 1. The predicted molar refractivity (Wildman–Crippen MR) is 59.1 cm³/mol. The fraction of sp³-hybridized carbons (Fsp3) is 0. The summed E-state index contributed by atoms with van der Waals surface area (Å²) in [7, 11) is 0. The first-order valence-electron chi connectivity index (χ1n) is 3.62. The van der Waals surface area contributed by atoms with E-state index in [1.807, 2.05) is 24.3 Å². The number of thiazole rings is 1. The molecule has 1 aromatic heterocycles. The summed E-state index contributed by atoms with van der Waals surface area (Å²) in [6.07, 6.45) is -1.33. The molecule has 0 aliphatic carbocycles. The van der Waals surface area contributed by atoms with E-state index in [1.54, 1.807) is 11.3 Å². The monoisotopic (exact) mass is 228 g/mol. The molecule has 0 aliphatic rings. The molecule has 0 saturated carbocycles. The first-order chi connectivity index (χ1) is 6.59. The third-order valence-corrected chi connectivity index (χ3v) is 2.50. The minimum absolute atomic E-state index is 0.834. The van der Waals surface area contributed by atoms with Crippen molar-refractivity contribution in [1.82, 2.24) is 4.98 Å². The number of fused-ring (bicyclic) bond motifs is 1. The van der Waals surface area contributed by atoms with E-state index in [0.717, 1.165) is 9.86 Å². The Bertz CT molecular complexity index is 405. The van der Waals surface area contributed by atoms with Gasteiger partial charge in [0.1, 0.15) is 4.34 Å². The van der Waals surface area contributed by atoms with Crippen molar-refractivity contribution < 1.29 is 9.90 Å². The highest BCUT2D eigenvalue weighted by Crippen LogP contribution is 2.23. The molecule has 0 aliphatic heterocycles. The zero-order valence-corrected chi connectivity index (χ0v) is 8.76. The van der Waals surface area contributed by atoms with Crippen LogP contribution in [0, 0.1) is 0 Å². The lowest BCUT2D eigenvalue weighted by atomic mass is 10.3. The maximum atomic E-state index is 8.78. The van der Waals surface area contributed by atoms with Crippen LogP contribution < -0.4 is 5.73 Å². The van der Waals surface area contributed by atoms with Gasteiger partial charge in [0.2, 0.25) is 0 Å². The van der Waals surface area contributed by atoms with Crippen molar-refractivity contribution in [2.75, 3.05) is 0 Å². The molecule has 0 spiro atoms. The van der Waals surface area contributed by atoms with Crippen LogP contribution in [0.4, 0.5) is 4.79 Å². The number of carbonyl (C=O) groups is 1. The van der Waals surface area contributed by atoms with E-state index in [4.69, 9.17) is 9.90 Å². The van der Waals surface area contributed by atoms with Crippen LogP contribution in [0.1, 0.15) is 0 Å². The largest absolute Gasteiger partial charge is 0.465 e. The smallest absolute Gasteiger partial charge is 0.402 e. The van der Waals surface area contributed by atoms with Gasteiger partial charge in [0, 0.05) is 0 Å². The van der Waals surface area contributed by atoms with E-state index in [2.05, 4.69) is 23.3 Å². The van der Waals surface area contributed by atoms with Crippen LogP contribution in [-0.2, 0) is 0 Å². The number of aromatic nitrogens is 1. The Morgan fingerprint density at radius 3 is 2.64 bits per heavy atom. The summed E-state index contributed by atoms with van der Waals surface area (Å²) in [5, 5.41) is 7.19. The molecule has 14 heavy (non-hydrogen) atoms. The van der Waals surface area contributed by atoms with Crippen molar-refractivity contribution in [3.63, 3.8) is 0 Å². The summed E-state index contributed by atoms with van der Waals surface area (Å²) in [6, 6.07) is 8.03. The fourth-order valence-corrected chi connectivity index (χ4v) is 1.97. The number of amides is 1. The molecule has 0 radical (unpaired) electrons. The van der Waals surface area contributed by atoms with Crippen LogP contribution >= 0.6 is 24.0 Å². The lowest BCUT2D eigenvalue weighted by Crippen LogP contribution is -2.03. The molecule has 0 unspecified atom stereocenters. The number of rotatable bonds is 0. The van der Waals surface area contributed by atoms with Crippen LogP contribution in [-0.4, -0.2) is 16.2 Å². The Kier molecular flexibility index (Phi) is 3.73. The molecule has 6 heteroatoms. The second kappa shape index (κ2) is 4.83. The number of hydrogen-bond acceptors (Lipinski definition) is 4. The normalized spacial score (nSPS) is 9.21. The summed E-state index contributed by atoms with van der Waals surface area (Å²) in [6.45, 7) is 0. The molecule has 4 nitrogen and oxygen atoms in total. The van der Waals surface area contributed by atoms with E-state index in [1.165, 1.54) is 4.70 Å². The number of para-hydroxylation sites is 1. The van der Waals surface area contributed by atoms with Gasteiger partial charge < -0.3 is 10.8 Å². The van der Waals surface area contributed by atoms with E-state index in [9.17, 15) is 0 Å². The highest BCUT2D eigenvalue weighted by atomic mass is 32.2. The maximum Gasteiger partial charge on any atom is 0.402 e. The number of nitrogens with two attached hydrogens (primary N) is 1. The Hall–Kier alpha value is -1.27. The van der Waals surface area contributed by atoms with Gasteiger partial charge in [-0.1, -0.05) is 12.1 Å². The van der Waals surface area contributed by atoms with Crippen LogP contribution in [0.3, 0.4) is 0 Å². The second-order valence-corrected chi connectivity index (χ2v) is 4.06. The molecule has 0 saturated heterocycles. The molecule has 0 fully saturated rings. The van der Waals surface area contributed by atoms with Gasteiger partial charge in [0.25, 0.3) is 0 Å². The van der Waals surface area contributed by atoms with Gasteiger partial charge in [-0.05, 0) is 12.1 Å². The Balaban J connectivity index is 0.000000213. The molecular weight excluding hydrogens is 220 g/mol. The average Bonchev–Trinajstić information content (AvgIpc) is 2.42. The number of hydrogen-bond donors (Lipinski definition) is 3. The fourth-order valence-electron chi connectivity index (χ4n) is 0.860. The third-order valence-electron chi connectivity index (χ3n) is 1.28. The van der Waals surface area contributed by atoms with Crippen molar-refractivity contribution in [2.24, 2.45) is 5.73 Å². The highest BCUT2D eigenvalue weighted by molar-refractivity contribution is 7.82. The molecule has 2 rings (SSSR count). The van der Waals surface area contributed by atoms with E-state index < -0.39 is 6.09 Å². The van der Waals surface area contributed by atoms with Crippen molar-refractivity contribution in [2.45, 2.75) is 4.34 Å². The van der Waals surface area contributed by atoms with Gasteiger partial charge >= 0.3 is 6.09 Å². The first kappa shape index (κ1) is 10.8. The van der Waals surface area contributed by atoms with Crippen LogP contribution in [0.15, 0.2) is 28.6 Å². The lowest BCUT2D eigenvalue weighted by Gasteiger charge is -1.80. The molecule has 1 amide bonds. The Morgan fingerprint density at radius 2 is 2.07 bits per heavy atom. The first-order valence-corrected chi connectivity index (χ1v) is 4.89. The SMILES string of the molecule is NC(=O)O.Sc1nc2ccccc2s1. The van der Waals surface area contributed by atoms with Crippen molar-refractivity contribution >= 4 is 40.3 Å². The molecule has 1 aromatic carbocycles. The van der Waals surface area contributed by atoms with E-state index in [0.29, 0.717) is 0 Å². The molecule has 0 atom stereocenters. The van der Waals surface area contributed by atoms with E-state index >= 15 is 0 Å². The van der Waals surface area contributed by atoms with Crippen molar-refractivity contribution in [3.05, 3.63) is 24.3 Å². The third kappa shape index (κ3) is 3.23. The quantitative estimate of drug-likeness (QED) is 0.605. The number of thiol groups is 1. The zero-order chi connectivity index (χ0) is 10.6. The maximum absolute atomic E-state index is 8.78. The topological polar surface area (TPSA) is 76.2 Å². The summed E-state index contributed by atoms with van der Waals surface area (Å²) >= 11 is 5.76. The lowest BCUT2D eigenvalue weighted by molar-refractivity contribution is 0.205. The van der Waals surface area contributed by atoms with Crippen LogP contribution in [0.2, 0.25) is 0 Å². The summed E-state index contributed by atoms with van der Waals surface area (Å²) in [5.41, 5.74) is 5.07. The zero-order valence-electron chi connectivity index (χ0n) is 7.04. The Labute approximate surface area is 89.8 Å². The standard InChI is InChI=1S/C7H5NS2.CH3NO2/c9-7-8-5-3-1-2-4-6(5)10-7;2-1(3)4/h1-4H,(H,8,9);2H2,(H,3,4). The summed E-state index contributed by atoms with van der Waals surface area (Å²) in [4.78, 5) is 13.0. The minimum Gasteiger partial charge on any atom is -0.465 e. The van der Waals surface area contributed by atoms with Gasteiger partial charge in [-0.2, -0.15) is 0 Å². The second-order valence-electron chi connectivity index (χ2n) is 2.30. The molecule has 1 heterocycles. The van der Waals surface area contributed by atoms with Crippen LogP contribution in [0.25, 0.3) is 10.2 Å². The predicted octanol–water partition coefficient (Wildman–Crippen LogP) is 2.21. The molecule has 0 bridgehead atoms. The number of primary amides is 1. The van der Waals surface area contributed by atoms with E-state index in [-0.39, 0.29) is 0 Å². The van der Waals surface area contributed by atoms with Gasteiger partial charge in [-0.15, -0.1) is 24.0 Å². The Morgan fingerprint density at radius 1 is 1.50 bits per heavy atom. The number of benzene rings is 1. The highest BCUT2D eigenvalue weighted by Gasteiger charge is 1.96. The van der Waals surface area contributed by atoms with Gasteiger partial charge in [-0.3, -0.25) is 0 Å². The molecule has 2 aromatic rings. The number of carboxylic acid groups (broad SMARTS) is 1. The van der Waals surface area contributed by atoms with Gasteiger partial charge in [0.05, 0.1) is 10.2 Å². The minimum atomic E-state index is -1.33. The van der Waals surface area contributed by atoms with Crippen molar-refractivity contribution in [3.8, 4) is 0 Å². The van der Waals surface area contributed by atoms with Crippen molar-refractivity contribution in [1.29, 1.82) is 0 Å². The average molecular weight is 228 g/mol. The molecule has 3 N–H and O–H groups in total. The summed E-state index contributed by atoms with van der Waals surface area (Å²) < 4.78 is 2.04. The van der Waals surface area contributed by atoms with Gasteiger partial charge in [-0.25, -0.2) is 9.78 Å². The van der Waals surface area contributed by atoms with Gasteiger partial charge in [0.15, 0.2) is 0 Å². The summed E-state index contributed by atoms with van der Waals surface area (Å²) in [5.74, 6) is 0. The molecular formula is C8H8N2O2S2. The molecule has 74 valence electrons. The van der Waals surface area contributed by atoms with Crippen LogP contribution in [0.5, 0.6) is 0 Å².